The zero-order valence-electron chi connectivity index (χ0n) is 38.2. The Kier molecular flexibility index (Phi) is 7.98. The average Bonchev–Trinajstić information content (AvgIpc) is 3.95. The molecule has 3 heteroatoms. The summed E-state index contributed by atoms with van der Waals surface area (Å²) in [5.41, 5.74) is 24.5. The van der Waals surface area contributed by atoms with E-state index >= 15 is 0 Å². The first-order valence-corrected chi connectivity index (χ1v) is 23.3. The van der Waals surface area contributed by atoms with Gasteiger partial charge in [0.2, 0.25) is 0 Å². The molecule has 66 heavy (non-hydrogen) atoms. The first kappa shape index (κ1) is 38.9. The molecule has 0 saturated carbocycles. The molecule has 13 rings (SSSR count). The second-order valence-corrected chi connectivity index (χ2v) is 20.3. The lowest BCUT2D eigenvalue weighted by molar-refractivity contribution is 0.627. The van der Waals surface area contributed by atoms with Crippen molar-refractivity contribution in [2.75, 3.05) is 4.90 Å². The Hall–Kier alpha value is -7.49. The Morgan fingerprint density at radius 2 is 0.758 bits per heavy atom. The number of anilines is 3. The van der Waals surface area contributed by atoms with Crippen LogP contribution in [0, 0.1) is 5.82 Å². The lowest BCUT2D eigenvalue weighted by atomic mass is 9.81. The van der Waals surface area contributed by atoms with Gasteiger partial charge in [-0.3, -0.25) is 0 Å². The van der Waals surface area contributed by atoms with Crippen LogP contribution < -0.4 is 4.90 Å². The summed E-state index contributed by atoms with van der Waals surface area (Å²) in [5.74, 6) is -0.235. The highest BCUT2D eigenvalue weighted by molar-refractivity contribution is 6.10. The molecule has 0 fully saturated rings. The number of hydrogen-bond donors (Lipinski definition) is 0. The van der Waals surface area contributed by atoms with E-state index in [4.69, 9.17) is 0 Å². The van der Waals surface area contributed by atoms with Crippen LogP contribution in [0.25, 0.3) is 72.0 Å². The smallest absolute Gasteiger partial charge is 0.123 e. The molecule has 3 aliphatic rings. The van der Waals surface area contributed by atoms with E-state index in [-0.39, 0.29) is 22.1 Å². The molecule has 0 amide bonds. The molecule has 1 aromatic heterocycles. The molecule has 0 N–H and O–H groups in total. The van der Waals surface area contributed by atoms with Crippen molar-refractivity contribution >= 4 is 38.9 Å². The summed E-state index contributed by atoms with van der Waals surface area (Å²) >= 11 is 0. The van der Waals surface area contributed by atoms with Crippen molar-refractivity contribution in [2.45, 2.75) is 57.8 Å². The first-order valence-electron chi connectivity index (χ1n) is 23.3. The van der Waals surface area contributed by atoms with Gasteiger partial charge in [-0.1, -0.05) is 145 Å². The number of rotatable bonds is 5. The molecule has 2 nitrogen and oxygen atoms in total. The third-order valence-corrected chi connectivity index (χ3v) is 15.7. The molecule has 0 bridgehead atoms. The van der Waals surface area contributed by atoms with Crippen LogP contribution in [0.4, 0.5) is 21.5 Å². The Bertz CT molecular complexity index is 3590. The maximum atomic E-state index is 14.0. The second kappa shape index (κ2) is 13.5. The first-order chi connectivity index (χ1) is 31.9. The van der Waals surface area contributed by atoms with Crippen LogP contribution >= 0.6 is 0 Å². The third-order valence-electron chi connectivity index (χ3n) is 15.7. The van der Waals surface area contributed by atoms with Crippen LogP contribution in [0.1, 0.15) is 74.9 Å². The maximum absolute atomic E-state index is 14.0. The van der Waals surface area contributed by atoms with E-state index in [1.54, 1.807) is 0 Å². The Morgan fingerprint density at radius 1 is 0.348 bits per heavy atom. The van der Waals surface area contributed by atoms with Gasteiger partial charge in [-0.25, -0.2) is 4.39 Å². The fourth-order valence-corrected chi connectivity index (χ4v) is 12.2. The van der Waals surface area contributed by atoms with Gasteiger partial charge in [-0.2, -0.15) is 0 Å². The number of fused-ring (bicyclic) bond motifs is 12. The number of benzene rings is 9. The molecule has 9 aromatic carbocycles. The van der Waals surface area contributed by atoms with Gasteiger partial charge in [0.15, 0.2) is 0 Å². The summed E-state index contributed by atoms with van der Waals surface area (Å²) in [6.07, 6.45) is 0. The van der Waals surface area contributed by atoms with Gasteiger partial charge in [-0.15, -0.1) is 0 Å². The second-order valence-electron chi connectivity index (χ2n) is 20.3. The molecule has 0 radical (unpaired) electrons. The van der Waals surface area contributed by atoms with E-state index in [1.807, 2.05) is 12.1 Å². The molecule has 0 saturated heterocycles. The average molecular weight is 853 g/mol. The monoisotopic (exact) mass is 852 g/mol. The summed E-state index contributed by atoms with van der Waals surface area (Å²) in [6.45, 7) is 14.3. The molecule has 3 aliphatic carbocycles. The van der Waals surface area contributed by atoms with Gasteiger partial charge in [0.25, 0.3) is 0 Å². The van der Waals surface area contributed by atoms with Crippen LogP contribution in [0.2, 0.25) is 0 Å². The fraction of sp³-hybridized carbons (Fsp3) is 0.143. The highest BCUT2D eigenvalue weighted by Crippen LogP contribution is 2.55. The van der Waals surface area contributed by atoms with Crippen LogP contribution in [-0.2, 0) is 16.2 Å². The maximum Gasteiger partial charge on any atom is 0.123 e. The summed E-state index contributed by atoms with van der Waals surface area (Å²) < 4.78 is 16.3. The molecule has 0 spiro atoms. The lowest BCUT2D eigenvalue weighted by Gasteiger charge is -2.31. The van der Waals surface area contributed by atoms with Gasteiger partial charge in [0.05, 0.1) is 11.0 Å². The Labute approximate surface area is 386 Å². The minimum absolute atomic E-state index is 0.126. The molecule has 318 valence electrons. The quantitative estimate of drug-likeness (QED) is 0.167. The molecule has 10 aromatic rings. The normalized spacial score (nSPS) is 15.3. The Morgan fingerprint density at radius 3 is 1.32 bits per heavy atom. The summed E-state index contributed by atoms with van der Waals surface area (Å²) in [7, 11) is 0. The lowest BCUT2D eigenvalue weighted by Crippen LogP contribution is -2.19. The van der Waals surface area contributed by atoms with Crippen molar-refractivity contribution in [2.24, 2.45) is 0 Å². The van der Waals surface area contributed by atoms with Gasteiger partial charge in [0, 0.05) is 49.8 Å². The molecule has 0 unspecified atom stereocenters. The van der Waals surface area contributed by atoms with Gasteiger partial charge < -0.3 is 9.47 Å². The number of hydrogen-bond acceptors (Lipinski definition) is 1. The molecule has 0 aliphatic heterocycles. The summed E-state index contributed by atoms with van der Waals surface area (Å²) in [4.78, 5) is 2.50. The zero-order valence-corrected chi connectivity index (χ0v) is 38.2. The minimum Gasteiger partial charge on any atom is -0.310 e. The van der Waals surface area contributed by atoms with Crippen molar-refractivity contribution in [3.8, 4) is 50.2 Å². The summed E-state index contributed by atoms with van der Waals surface area (Å²) in [5, 5.41) is 2.36. The van der Waals surface area contributed by atoms with E-state index in [0.29, 0.717) is 0 Å². The Balaban J connectivity index is 0.929. The van der Waals surface area contributed by atoms with Crippen LogP contribution in [0.5, 0.6) is 0 Å². The summed E-state index contributed by atoms with van der Waals surface area (Å²) in [6, 6.07) is 68.4. The van der Waals surface area contributed by atoms with Crippen molar-refractivity contribution < 1.29 is 4.39 Å². The third kappa shape index (κ3) is 5.34. The van der Waals surface area contributed by atoms with Crippen molar-refractivity contribution in [3.05, 3.63) is 227 Å². The standard InChI is InChI=1S/C63H49FN2/c1-61(2)53-16-10-7-13-45(53)48-29-25-42(35-56(48)61)65(43-26-30-49-46-14-8-11-17-54(46)62(3,4)57(49)36-43)44-27-31-50-47-28-19-39(34-55(47)63(5,6)58(50)37-44)38-20-32-60-52(33-38)51-15-9-12-18-59(51)66(60)41-23-21-40(64)22-24-41/h7-37H,1-6H3. The predicted molar refractivity (Wildman–Crippen MR) is 274 cm³/mol. The van der Waals surface area contributed by atoms with E-state index in [1.165, 1.54) is 101 Å². The minimum atomic E-state index is -0.256. The van der Waals surface area contributed by atoms with E-state index in [0.717, 1.165) is 33.8 Å². The highest BCUT2D eigenvalue weighted by atomic mass is 19.1. The van der Waals surface area contributed by atoms with E-state index in [9.17, 15) is 4.39 Å². The van der Waals surface area contributed by atoms with Gasteiger partial charge in [0.1, 0.15) is 5.82 Å². The zero-order chi connectivity index (χ0) is 44.9. The van der Waals surface area contributed by atoms with Crippen LogP contribution in [0.3, 0.4) is 0 Å². The SMILES string of the molecule is CC1(C)c2ccccc2-c2ccc(N(c3ccc4c(c3)C(C)(C)c3ccccc3-4)c3ccc4c(c3)C(C)(C)c3cc(-c5ccc6c(c5)c5ccccc5n6-c5ccc(F)cc5)ccc3-4)cc21. The highest BCUT2D eigenvalue weighted by Gasteiger charge is 2.39. The van der Waals surface area contributed by atoms with Crippen LogP contribution in [0.15, 0.2) is 188 Å². The fourth-order valence-electron chi connectivity index (χ4n) is 12.2. The van der Waals surface area contributed by atoms with E-state index < -0.39 is 0 Å². The number of para-hydroxylation sites is 1. The number of aromatic nitrogens is 1. The molecular formula is C63H49FN2. The topological polar surface area (TPSA) is 8.17 Å². The van der Waals surface area contributed by atoms with Crippen molar-refractivity contribution in [3.63, 3.8) is 0 Å². The van der Waals surface area contributed by atoms with Crippen LogP contribution in [-0.4, -0.2) is 4.57 Å². The molecular weight excluding hydrogens is 804 g/mol. The number of halogens is 1. The van der Waals surface area contributed by atoms with Gasteiger partial charge in [-0.05, 0) is 163 Å². The predicted octanol–water partition coefficient (Wildman–Crippen LogP) is 17.0. The molecule has 0 atom stereocenters. The largest absolute Gasteiger partial charge is 0.310 e. The van der Waals surface area contributed by atoms with E-state index in [2.05, 4.69) is 215 Å². The van der Waals surface area contributed by atoms with Crippen molar-refractivity contribution in [1.82, 2.24) is 4.57 Å². The van der Waals surface area contributed by atoms with Gasteiger partial charge >= 0.3 is 0 Å². The number of nitrogens with zero attached hydrogens (tertiary/aromatic N) is 2. The van der Waals surface area contributed by atoms with Crippen molar-refractivity contribution in [1.29, 1.82) is 0 Å². The molecule has 1 heterocycles.